The average Bonchev–Trinajstić information content (AvgIpc) is 3.00. The molecule has 2 heterocycles. The first-order valence-corrected chi connectivity index (χ1v) is 8.30. The second-order valence-corrected chi connectivity index (χ2v) is 6.51. The van der Waals surface area contributed by atoms with Crippen molar-refractivity contribution in [3.63, 3.8) is 0 Å². The van der Waals surface area contributed by atoms with Gasteiger partial charge in [0, 0.05) is 31.9 Å². The second kappa shape index (κ2) is 5.91. The van der Waals surface area contributed by atoms with Crippen LogP contribution in [0.25, 0.3) is 22.4 Å². The highest BCUT2D eigenvalue weighted by Gasteiger charge is 2.17. The molecule has 0 saturated carbocycles. The van der Waals surface area contributed by atoms with Gasteiger partial charge in [-0.15, -0.1) is 0 Å². The lowest BCUT2D eigenvalue weighted by atomic mass is 10.1. The molecule has 4 rings (SSSR count). The van der Waals surface area contributed by atoms with E-state index >= 15 is 0 Å². The predicted molar refractivity (Wildman–Crippen MR) is 95.9 cm³/mol. The summed E-state index contributed by atoms with van der Waals surface area (Å²) in [5, 5.41) is 0. The number of aromatic amines is 1. The molecule has 0 amide bonds. The monoisotopic (exact) mass is 324 g/mol. The molecule has 124 valence electrons. The number of H-pyrrole nitrogens is 1. The summed E-state index contributed by atoms with van der Waals surface area (Å²) >= 11 is 0. The van der Waals surface area contributed by atoms with E-state index in [0.717, 1.165) is 42.8 Å². The highest BCUT2D eigenvalue weighted by Crippen LogP contribution is 2.29. The van der Waals surface area contributed by atoms with Crippen LogP contribution in [0.1, 0.15) is 5.56 Å². The fourth-order valence-electron chi connectivity index (χ4n) is 3.30. The van der Waals surface area contributed by atoms with E-state index in [1.54, 1.807) is 12.1 Å². The molecule has 0 atom stereocenters. The maximum Gasteiger partial charge on any atom is 0.141 e. The number of imidazole rings is 1. The number of aromatic nitrogens is 2. The Balaban J connectivity index is 1.75. The van der Waals surface area contributed by atoms with Gasteiger partial charge in [0.05, 0.1) is 16.6 Å². The molecule has 4 nitrogen and oxygen atoms in total. The topological polar surface area (TPSA) is 35.2 Å². The highest BCUT2D eigenvalue weighted by molar-refractivity contribution is 5.86. The van der Waals surface area contributed by atoms with E-state index in [4.69, 9.17) is 0 Å². The summed E-state index contributed by atoms with van der Waals surface area (Å²) in [7, 11) is 2.15. The van der Waals surface area contributed by atoms with E-state index in [-0.39, 0.29) is 5.82 Å². The minimum Gasteiger partial charge on any atom is -0.369 e. The molecule has 0 radical (unpaired) electrons. The Morgan fingerprint density at radius 1 is 1.08 bits per heavy atom. The van der Waals surface area contributed by atoms with Gasteiger partial charge in [0.1, 0.15) is 11.6 Å². The van der Waals surface area contributed by atoms with Crippen LogP contribution < -0.4 is 4.90 Å². The standard InChI is InChI=1S/C19H21FN4/c1-13-11-14(24-9-7-23(2)8-10-24)12-17-18(13)22-19(21-17)15-5-3-4-6-16(15)20/h3-6,11-12H,7-10H2,1-2H3,(H,21,22). The lowest BCUT2D eigenvalue weighted by molar-refractivity contribution is 0.313. The predicted octanol–water partition coefficient (Wildman–Crippen LogP) is 3.43. The van der Waals surface area contributed by atoms with Crippen molar-refractivity contribution in [1.82, 2.24) is 14.9 Å². The van der Waals surface area contributed by atoms with Gasteiger partial charge in [-0.2, -0.15) is 0 Å². The number of benzene rings is 2. The van der Waals surface area contributed by atoms with Gasteiger partial charge < -0.3 is 14.8 Å². The summed E-state index contributed by atoms with van der Waals surface area (Å²) in [4.78, 5) is 12.7. The second-order valence-electron chi connectivity index (χ2n) is 6.51. The maximum absolute atomic E-state index is 14.0. The van der Waals surface area contributed by atoms with Crippen molar-refractivity contribution < 1.29 is 4.39 Å². The number of nitrogens with one attached hydrogen (secondary N) is 1. The Morgan fingerprint density at radius 3 is 2.58 bits per heavy atom. The van der Waals surface area contributed by atoms with Crippen molar-refractivity contribution in [3.8, 4) is 11.4 Å². The van der Waals surface area contributed by atoms with Gasteiger partial charge in [0.2, 0.25) is 0 Å². The minimum atomic E-state index is -0.256. The van der Waals surface area contributed by atoms with Crippen LogP contribution in [0.15, 0.2) is 36.4 Å². The zero-order valence-electron chi connectivity index (χ0n) is 14.0. The summed E-state index contributed by atoms with van der Waals surface area (Å²) in [6, 6.07) is 11.0. The van der Waals surface area contributed by atoms with Gasteiger partial charge >= 0.3 is 0 Å². The van der Waals surface area contributed by atoms with Crippen LogP contribution in [0, 0.1) is 12.7 Å². The number of halogens is 1. The van der Waals surface area contributed by atoms with Crippen molar-refractivity contribution in [2.24, 2.45) is 0 Å². The third-order valence-electron chi connectivity index (χ3n) is 4.76. The van der Waals surface area contributed by atoms with Gasteiger partial charge in [-0.05, 0) is 43.8 Å². The lowest BCUT2D eigenvalue weighted by Gasteiger charge is -2.34. The third-order valence-corrected chi connectivity index (χ3v) is 4.76. The van der Waals surface area contributed by atoms with Crippen LogP contribution in [0.2, 0.25) is 0 Å². The normalized spacial score (nSPS) is 16.0. The van der Waals surface area contributed by atoms with E-state index in [1.807, 2.05) is 6.07 Å². The number of piperazine rings is 1. The van der Waals surface area contributed by atoms with Gasteiger partial charge in [0.25, 0.3) is 0 Å². The summed E-state index contributed by atoms with van der Waals surface area (Å²) in [5.74, 6) is 0.329. The zero-order chi connectivity index (χ0) is 16.7. The van der Waals surface area contributed by atoms with Gasteiger partial charge in [-0.25, -0.2) is 9.37 Å². The number of hydrogen-bond acceptors (Lipinski definition) is 3. The average molecular weight is 324 g/mol. The van der Waals surface area contributed by atoms with Crippen molar-refractivity contribution >= 4 is 16.7 Å². The molecule has 1 fully saturated rings. The molecular weight excluding hydrogens is 303 g/mol. The summed E-state index contributed by atoms with van der Waals surface area (Å²) in [6.45, 7) is 6.25. The molecule has 24 heavy (non-hydrogen) atoms. The Kier molecular flexibility index (Phi) is 3.73. The summed E-state index contributed by atoms with van der Waals surface area (Å²) < 4.78 is 14.0. The van der Waals surface area contributed by atoms with E-state index in [2.05, 4.69) is 45.9 Å². The zero-order valence-corrected chi connectivity index (χ0v) is 14.0. The van der Waals surface area contributed by atoms with Crippen LogP contribution in [0.3, 0.4) is 0 Å². The van der Waals surface area contributed by atoms with Crippen molar-refractivity contribution in [3.05, 3.63) is 47.8 Å². The van der Waals surface area contributed by atoms with Crippen LogP contribution >= 0.6 is 0 Å². The molecule has 0 bridgehead atoms. The molecule has 1 aliphatic rings. The Hall–Kier alpha value is -2.40. The van der Waals surface area contributed by atoms with Gasteiger partial charge in [-0.3, -0.25) is 0 Å². The largest absolute Gasteiger partial charge is 0.369 e. The fourth-order valence-corrected chi connectivity index (χ4v) is 3.30. The summed E-state index contributed by atoms with van der Waals surface area (Å²) in [6.07, 6.45) is 0. The van der Waals surface area contributed by atoms with E-state index in [1.165, 1.54) is 11.8 Å². The fraction of sp³-hybridized carbons (Fsp3) is 0.316. The molecule has 3 aromatic rings. The van der Waals surface area contributed by atoms with Crippen molar-refractivity contribution in [1.29, 1.82) is 0 Å². The number of hydrogen-bond donors (Lipinski definition) is 1. The lowest BCUT2D eigenvalue weighted by Crippen LogP contribution is -2.44. The van der Waals surface area contributed by atoms with Crippen LogP contribution in [0.4, 0.5) is 10.1 Å². The first-order chi connectivity index (χ1) is 11.6. The van der Waals surface area contributed by atoms with E-state index in [9.17, 15) is 4.39 Å². The number of nitrogens with zero attached hydrogens (tertiary/aromatic N) is 3. The third kappa shape index (κ3) is 2.65. The van der Waals surface area contributed by atoms with E-state index in [0.29, 0.717) is 11.4 Å². The number of aryl methyl sites for hydroxylation is 1. The Morgan fingerprint density at radius 2 is 1.83 bits per heavy atom. The molecule has 5 heteroatoms. The molecule has 1 saturated heterocycles. The number of likely N-dealkylation sites (N-methyl/N-ethyl adjacent to an activating group) is 1. The molecule has 0 spiro atoms. The molecule has 0 aliphatic carbocycles. The van der Waals surface area contributed by atoms with E-state index < -0.39 is 0 Å². The van der Waals surface area contributed by atoms with Crippen LogP contribution in [0.5, 0.6) is 0 Å². The van der Waals surface area contributed by atoms with Crippen molar-refractivity contribution in [2.75, 3.05) is 38.1 Å². The smallest absolute Gasteiger partial charge is 0.141 e. The Bertz CT molecular complexity index is 878. The van der Waals surface area contributed by atoms with Gasteiger partial charge in [0.15, 0.2) is 0 Å². The number of anilines is 1. The SMILES string of the molecule is Cc1cc(N2CCN(C)CC2)cc2[nH]c(-c3ccccc3F)nc12. The Labute approximate surface area is 140 Å². The molecule has 1 aliphatic heterocycles. The van der Waals surface area contributed by atoms with Crippen LogP contribution in [-0.2, 0) is 0 Å². The minimum absolute atomic E-state index is 0.256. The molecule has 0 unspecified atom stereocenters. The van der Waals surface area contributed by atoms with Gasteiger partial charge in [-0.1, -0.05) is 12.1 Å². The first-order valence-electron chi connectivity index (χ1n) is 8.30. The number of rotatable bonds is 2. The van der Waals surface area contributed by atoms with Crippen molar-refractivity contribution in [2.45, 2.75) is 6.92 Å². The molecule has 2 aromatic carbocycles. The molecular formula is C19H21FN4. The molecule has 1 aromatic heterocycles. The molecule has 1 N–H and O–H groups in total. The maximum atomic E-state index is 14.0. The van der Waals surface area contributed by atoms with Crippen LogP contribution in [-0.4, -0.2) is 48.1 Å². The quantitative estimate of drug-likeness (QED) is 0.784. The first kappa shape index (κ1) is 15.1. The highest BCUT2D eigenvalue weighted by atomic mass is 19.1. The summed E-state index contributed by atoms with van der Waals surface area (Å²) in [5.41, 5.74) is 4.69. The number of fused-ring (bicyclic) bond motifs is 1.